The second-order valence-electron chi connectivity index (χ2n) is 6.63. The fraction of sp³-hybridized carbons (Fsp3) is 0.0455. The van der Waals surface area contributed by atoms with Crippen LogP contribution >= 0.6 is 0 Å². The molecule has 3 aromatic rings. The molecule has 1 aliphatic heterocycles. The third-order valence-corrected chi connectivity index (χ3v) is 6.46. The number of para-hydroxylation sites is 1. The van der Waals surface area contributed by atoms with Crippen molar-refractivity contribution in [2.75, 3.05) is 4.90 Å². The van der Waals surface area contributed by atoms with Crippen molar-refractivity contribution in [3.05, 3.63) is 101 Å². The van der Waals surface area contributed by atoms with Gasteiger partial charge in [-0.1, -0.05) is 42.0 Å². The van der Waals surface area contributed by atoms with Crippen LogP contribution in [0.4, 0.5) is 20.2 Å². The average molecular weight is 411 g/mol. The Morgan fingerprint density at radius 3 is 2.28 bits per heavy atom. The standard InChI is InChI=1S/C22H15F2NO3S/c1-14-6-8-15(9-7-14)22(26)21-13-25(16-10-11-17(23)18(24)12-16)19-4-2-3-5-20(19)29(21,27)28/h2-13H,1H3. The van der Waals surface area contributed by atoms with E-state index in [1.807, 2.05) is 6.92 Å². The minimum atomic E-state index is -4.10. The van der Waals surface area contributed by atoms with Gasteiger partial charge in [-0.2, -0.15) is 0 Å². The normalized spacial score (nSPS) is 14.9. The van der Waals surface area contributed by atoms with Crippen molar-refractivity contribution in [1.29, 1.82) is 0 Å². The topological polar surface area (TPSA) is 54.5 Å². The first-order chi connectivity index (χ1) is 13.8. The zero-order valence-electron chi connectivity index (χ0n) is 15.3. The van der Waals surface area contributed by atoms with E-state index in [2.05, 4.69) is 0 Å². The van der Waals surface area contributed by atoms with Gasteiger partial charge in [-0.25, -0.2) is 17.2 Å². The number of halogens is 2. The lowest BCUT2D eigenvalue weighted by Gasteiger charge is -2.28. The summed E-state index contributed by atoms with van der Waals surface area (Å²) >= 11 is 0. The Kier molecular flexibility index (Phi) is 4.55. The lowest BCUT2D eigenvalue weighted by molar-refractivity contribution is 0.104. The molecule has 7 heteroatoms. The number of hydrogen-bond acceptors (Lipinski definition) is 4. The number of anilines is 2. The molecule has 4 nitrogen and oxygen atoms in total. The van der Waals surface area contributed by atoms with E-state index in [9.17, 15) is 22.0 Å². The van der Waals surface area contributed by atoms with Crippen molar-refractivity contribution < 1.29 is 22.0 Å². The highest BCUT2D eigenvalue weighted by Gasteiger charge is 2.36. The van der Waals surface area contributed by atoms with E-state index in [-0.39, 0.29) is 21.8 Å². The third-order valence-electron chi connectivity index (χ3n) is 4.67. The van der Waals surface area contributed by atoms with Crippen LogP contribution in [0.5, 0.6) is 0 Å². The number of aryl methyl sites for hydroxylation is 1. The molecule has 4 rings (SSSR count). The summed E-state index contributed by atoms with van der Waals surface area (Å²) < 4.78 is 53.5. The Balaban J connectivity index is 1.92. The highest BCUT2D eigenvalue weighted by Crippen LogP contribution is 2.40. The van der Waals surface area contributed by atoms with Gasteiger partial charge in [0.25, 0.3) is 0 Å². The van der Waals surface area contributed by atoms with Crippen molar-refractivity contribution in [3.8, 4) is 0 Å². The number of carbonyl (C=O) groups is 1. The van der Waals surface area contributed by atoms with E-state index in [0.29, 0.717) is 0 Å². The number of rotatable bonds is 3. The van der Waals surface area contributed by atoms with Crippen LogP contribution in [0.1, 0.15) is 15.9 Å². The SMILES string of the molecule is Cc1ccc(C(=O)C2=CN(c3ccc(F)c(F)c3)c3ccccc3S2(=O)=O)cc1. The lowest BCUT2D eigenvalue weighted by atomic mass is 10.1. The van der Waals surface area contributed by atoms with Crippen molar-refractivity contribution in [2.45, 2.75) is 11.8 Å². The molecule has 0 N–H and O–H groups in total. The van der Waals surface area contributed by atoms with Crippen molar-refractivity contribution >= 4 is 27.0 Å². The number of ketones is 1. The van der Waals surface area contributed by atoms with Gasteiger partial charge in [-0.15, -0.1) is 0 Å². The lowest BCUT2D eigenvalue weighted by Crippen LogP contribution is -2.25. The zero-order valence-corrected chi connectivity index (χ0v) is 16.1. The molecule has 3 aromatic carbocycles. The molecule has 0 saturated carbocycles. The summed E-state index contributed by atoms with van der Waals surface area (Å²) in [4.78, 5) is 13.9. The van der Waals surface area contributed by atoms with Gasteiger partial charge in [0.15, 0.2) is 11.6 Å². The van der Waals surface area contributed by atoms with E-state index in [1.165, 1.54) is 23.1 Å². The zero-order chi connectivity index (χ0) is 20.8. The fourth-order valence-electron chi connectivity index (χ4n) is 3.13. The molecule has 0 radical (unpaired) electrons. The maximum atomic E-state index is 13.8. The van der Waals surface area contributed by atoms with Crippen LogP contribution in [0.3, 0.4) is 0 Å². The summed E-state index contributed by atoms with van der Waals surface area (Å²) in [7, 11) is -4.10. The average Bonchev–Trinajstić information content (AvgIpc) is 2.70. The van der Waals surface area contributed by atoms with Gasteiger partial charge in [0, 0.05) is 23.5 Å². The third kappa shape index (κ3) is 3.23. The minimum Gasteiger partial charge on any atom is -0.314 e. The summed E-state index contributed by atoms with van der Waals surface area (Å²) in [6, 6.07) is 15.8. The molecule has 1 heterocycles. The van der Waals surface area contributed by atoms with Gasteiger partial charge in [0.05, 0.1) is 10.6 Å². The summed E-state index contributed by atoms with van der Waals surface area (Å²) in [5.74, 6) is -2.77. The van der Waals surface area contributed by atoms with Gasteiger partial charge < -0.3 is 4.90 Å². The van der Waals surface area contributed by atoms with Gasteiger partial charge in [0.2, 0.25) is 15.6 Å². The Hall–Kier alpha value is -3.32. The van der Waals surface area contributed by atoms with Crippen LogP contribution in [0.2, 0.25) is 0 Å². The molecule has 0 aromatic heterocycles. The van der Waals surface area contributed by atoms with Crippen molar-refractivity contribution in [1.82, 2.24) is 0 Å². The predicted molar refractivity (Wildman–Crippen MR) is 106 cm³/mol. The first kappa shape index (κ1) is 19.0. The fourth-order valence-corrected chi connectivity index (χ4v) is 4.68. The van der Waals surface area contributed by atoms with Crippen LogP contribution in [0.15, 0.2) is 82.7 Å². The van der Waals surface area contributed by atoms with E-state index < -0.39 is 32.2 Å². The maximum absolute atomic E-state index is 13.8. The van der Waals surface area contributed by atoms with Crippen LogP contribution < -0.4 is 4.90 Å². The summed E-state index contributed by atoms with van der Waals surface area (Å²) in [5.41, 5.74) is 1.59. The van der Waals surface area contributed by atoms with E-state index >= 15 is 0 Å². The van der Waals surface area contributed by atoms with Gasteiger partial charge in [-0.3, -0.25) is 4.79 Å². The molecule has 0 bridgehead atoms. The van der Waals surface area contributed by atoms with Crippen LogP contribution in [0, 0.1) is 18.6 Å². The number of sulfone groups is 1. The predicted octanol–water partition coefficient (Wildman–Crippen LogP) is 4.92. The number of fused-ring (bicyclic) bond motifs is 1. The molecule has 0 amide bonds. The monoisotopic (exact) mass is 411 g/mol. The number of hydrogen-bond donors (Lipinski definition) is 0. The second kappa shape index (κ2) is 6.93. The first-order valence-corrected chi connectivity index (χ1v) is 10.2. The molecule has 0 unspecified atom stereocenters. The highest BCUT2D eigenvalue weighted by molar-refractivity contribution is 7.96. The molecule has 0 spiro atoms. The Morgan fingerprint density at radius 1 is 0.897 bits per heavy atom. The van der Waals surface area contributed by atoms with Gasteiger partial charge in [-0.05, 0) is 31.2 Å². The minimum absolute atomic E-state index is 0.0808. The number of benzene rings is 3. The number of Topliss-reactive ketones (excluding diaryl/α,β-unsaturated/α-hetero) is 1. The van der Waals surface area contributed by atoms with Crippen LogP contribution in [-0.4, -0.2) is 14.2 Å². The molecule has 0 saturated heterocycles. The molecule has 0 atom stereocenters. The highest BCUT2D eigenvalue weighted by atomic mass is 32.2. The quantitative estimate of drug-likeness (QED) is 0.574. The maximum Gasteiger partial charge on any atom is 0.214 e. The van der Waals surface area contributed by atoms with E-state index in [0.717, 1.165) is 23.9 Å². The summed E-state index contributed by atoms with van der Waals surface area (Å²) in [6.07, 6.45) is 1.16. The molecule has 0 aliphatic carbocycles. The Labute approximate surface area is 166 Å². The largest absolute Gasteiger partial charge is 0.314 e. The molecule has 1 aliphatic rings. The summed E-state index contributed by atoms with van der Waals surface area (Å²) in [6.45, 7) is 1.85. The second-order valence-corrected chi connectivity index (χ2v) is 8.51. The van der Waals surface area contributed by atoms with E-state index in [4.69, 9.17) is 0 Å². The first-order valence-electron chi connectivity index (χ1n) is 8.70. The van der Waals surface area contributed by atoms with E-state index in [1.54, 1.807) is 36.4 Å². The van der Waals surface area contributed by atoms with Gasteiger partial charge >= 0.3 is 0 Å². The van der Waals surface area contributed by atoms with Crippen LogP contribution in [0.25, 0.3) is 0 Å². The number of carbonyl (C=O) groups excluding carboxylic acids is 1. The molecular formula is C22H15F2NO3S. The smallest absolute Gasteiger partial charge is 0.214 e. The number of nitrogens with zero attached hydrogens (tertiary/aromatic N) is 1. The van der Waals surface area contributed by atoms with Crippen molar-refractivity contribution in [3.63, 3.8) is 0 Å². The Bertz CT molecular complexity index is 1270. The van der Waals surface area contributed by atoms with Gasteiger partial charge in [0.1, 0.15) is 4.91 Å². The number of allylic oxidation sites excluding steroid dienone is 1. The van der Waals surface area contributed by atoms with Crippen LogP contribution in [-0.2, 0) is 9.84 Å². The summed E-state index contributed by atoms with van der Waals surface area (Å²) in [5, 5.41) is 0. The molecule has 0 fully saturated rings. The molecular weight excluding hydrogens is 396 g/mol. The van der Waals surface area contributed by atoms with Crippen molar-refractivity contribution in [2.24, 2.45) is 0 Å². The molecule has 29 heavy (non-hydrogen) atoms. The molecule has 146 valence electrons. The Morgan fingerprint density at radius 2 is 1.59 bits per heavy atom.